The Bertz CT molecular complexity index is 134. The second kappa shape index (κ2) is 4.99. The van der Waals surface area contributed by atoms with E-state index in [1.807, 2.05) is 0 Å². The number of hydrogen-bond donors (Lipinski definition) is 1. The molecule has 1 heteroatoms. The van der Waals surface area contributed by atoms with Crippen molar-refractivity contribution < 1.29 is 0 Å². The molecular weight excluding hydrogens is 158 g/mol. The van der Waals surface area contributed by atoms with E-state index in [0.717, 1.165) is 5.92 Å². The van der Waals surface area contributed by atoms with Gasteiger partial charge in [-0.25, -0.2) is 0 Å². The molecule has 1 aliphatic rings. The lowest BCUT2D eigenvalue weighted by Crippen LogP contribution is -2.26. The highest BCUT2D eigenvalue weighted by Gasteiger charge is 2.30. The summed E-state index contributed by atoms with van der Waals surface area (Å²) in [6.07, 6.45) is 6.97. The van der Waals surface area contributed by atoms with Crippen molar-refractivity contribution in [2.75, 3.05) is 13.1 Å². The third kappa shape index (κ3) is 3.30. The van der Waals surface area contributed by atoms with Crippen LogP contribution in [0.2, 0.25) is 0 Å². The van der Waals surface area contributed by atoms with Crippen LogP contribution in [-0.2, 0) is 0 Å². The van der Waals surface area contributed by atoms with E-state index in [2.05, 4.69) is 26.1 Å². The number of unbranched alkanes of at least 4 members (excludes halogenated alkanes) is 2. The molecule has 1 N–H and O–H groups in total. The Morgan fingerprint density at radius 1 is 1.31 bits per heavy atom. The van der Waals surface area contributed by atoms with E-state index in [-0.39, 0.29) is 0 Å². The molecule has 1 heterocycles. The van der Waals surface area contributed by atoms with E-state index in [4.69, 9.17) is 0 Å². The summed E-state index contributed by atoms with van der Waals surface area (Å²) >= 11 is 0. The fraction of sp³-hybridized carbons (Fsp3) is 1.00. The topological polar surface area (TPSA) is 12.0 Å². The standard InChI is InChI=1S/C12H25N/c1-4-5-6-8-12(2,3)11-7-9-13-10-11/h11,13H,4-10H2,1-3H3. The molecule has 1 unspecified atom stereocenters. The molecular formula is C12H25N. The van der Waals surface area contributed by atoms with Gasteiger partial charge >= 0.3 is 0 Å². The minimum absolute atomic E-state index is 0.568. The van der Waals surface area contributed by atoms with Gasteiger partial charge in [0, 0.05) is 0 Å². The van der Waals surface area contributed by atoms with Crippen molar-refractivity contribution in [3.05, 3.63) is 0 Å². The summed E-state index contributed by atoms with van der Waals surface area (Å²) in [6.45, 7) is 9.66. The van der Waals surface area contributed by atoms with Crippen molar-refractivity contribution in [1.29, 1.82) is 0 Å². The average Bonchev–Trinajstić information content (AvgIpc) is 2.56. The summed E-state index contributed by atoms with van der Waals surface area (Å²) in [5.74, 6) is 0.921. The molecule has 1 saturated heterocycles. The van der Waals surface area contributed by atoms with Crippen molar-refractivity contribution in [2.24, 2.45) is 11.3 Å². The zero-order chi connectivity index (χ0) is 9.73. The van der Waals surface area contributed by atoms with Crippen LogP contribution < -0.4 is 5.32 Å². The maximum Gasteiger partial charge on any atom is -0.00149 e. The van der Waals surface area contributed by atoms with E-state index >= 15 is 0 Å². The van der Waals surface area contributed by atoms with Gasteiger partial charge in [-0.2, -0.15) is 0 Å². The maximum absolute atomic E-state index is 3.47. The Morgan fingerprint density at radius 2 is 2.08 bits per heavy atom. The Morgan fingerprint density at radius 3 is 2.62 bits per heavy atom. The molecule has 0 bridgehead atoms. The van der Waals surface area contributed by atoms with Crippen LogP contribution in [0, 0.1) is 11.3 Å². The molecule has 0 saturated carbocycles. The summed E-state index contributed by atoms with van der Waals surface area (Å²) < 4.78 is 0. The third-order valence-electron chi connectivity index (χ3n) is 3.59. The lowest BCUT2D eigenvalue weighted by Gasteiger charge is -2.31. The summed E-state index contributed by atoms with van der Waals surface area (Å²) in [7, 11) is 0. The molecule has 0 radical (unpaired) electrons. The first kappa shape index (κ1) is 11.0. The summed E-state index contributed by atoms with van der Waals surface area (Å²) in [4.78, 5) is 0. The largest absolute Gasteiger partial charge is 0.316 e. The zero-order valence-corrected chi connectivity index (χ0v) is 9.53. The monoisotopic (exact) mass is 183 g/mol. The van der Waals surface area contributed by atoms with Gasteiger partial charge in [0.1, 0.15) is 0 Å². The molecule has 0 aromatic carbocycles. The molecule has 1 fully saturated rings. The first-order valence-corrected chi connectivity index (χ1v) is 5.87. The molecule has 1 rings (SSSR count). The van der Waals surface area contributed by atoms with Crippen molar-refractivity contribution in [1.82, 2.24) is 5.32 Å². The lowest BCUT2D eigenvalue weighted by molar-refractivity contribution is 0.204. The molecule has 13 heavy (non-hydrogen) atoms. The van der Waals surface area contributed by atoms with Crippen molar-refractivity contribution in [3.8, 4) is 0 Å². The van der Waals surface area contributed by atoms with Gasteiger partial charge in [0.2, 0.25) is 0 Å². The average molecular weight is 183 g/mol. The number of nitrogens with one attached hydrogen (secondary N) is 1. The van der Waals surface area contributed by atoms with Crippen molar-refractivity contribution in [3.63, 3.8) is 0 Å². The summed E-state index contributed by atoms with van der Waals surface area (Å²) in [5, 5.41) is 3.47. The molecule has 0 aromatic heterocycles. The SMILES string of the molecule is CCCCCC(C)(C)C1CCNC1. The first-order chi connectivity index (χ1) is 6.17. The lowest BCUT2D eigenvalue weighted by atomic mass is 9.74. The van der Waals surface area contributed by atoms with Crippen LogP contribution in [0.25, 0.3) is 0 Å². The first-order valence-electron chi connectivity index (χ1n) is 5.87. The van der Waals surface area contributed by atoms with E-state index in [1.165, 1.54) is 45.2 Å². The van der Waals surface area contributed by atoms with Crippen molar-refractivity contribution in [2.45, 2.75) is 52.9 Å². The van der Waals surface area contributed by atoms with Crippen molar-refractivity contribution >= 4 is 0 Å². The fourth-order valence-corrected chi connectivity index (χ4v) is 2.36. The van der Waals surface area contributed by atoms with Crippen LogP contribution in [-0.4, -0.2) is 13.1 Å². The number of rotatable bonds is 5. The van der Waals surface area contributed by atoms with Crippen LogP contribution in [0.5, 0.6) is 0 Å². The molecule has 1 aliphatic heterocycles. The Balaban J connectivity index is 2.26. The van der Waals surface area contributed by atoms with Crippen LogP contribution in [0.3, 0.4) is 0 Å². The smallest absolute Gasteiger partial charge is 0.00149 e. The van der Waals surface area contributed by atoms with E-state index < -0.39 is 0 Å². The minimum atomic E-state index is 0.568. The van der Waals surface area contributed by atoms with Gasteiger partial charge in [-0.15, -0.1) is 0 Å². The molecule has 0 spiro atoms. The highest BCUT2D eigenvalue weighted by Crippen LogP contribution is 2.36. The van der Waals surface area contributed by atoms with Gasteiger partial charge in [-0.1, -0.05) is 40.0 Å². The number of hydrogen-bond acceptors (Lipinski definition) is 1. The van der Waals surface area contributed by atoms with E-state index in [9.17, 15) is 0 Å². The molecule has 0 amide bonds. The second-order valence-electron chi connectivity index (χ2n) is 5.14. The predicted octanol–water partition coefficient (Wildman–Crippen LogP) is 3.20. The van der Waals surface area contributed by atoms with E-state index in [0.29, 0.717) is 5.41 Å². The highest BCUT2D eigenvalue weighted by molar-refractivity contribution is 4.84. The molecule has 1 atom stereocenters. The van der Waals surface area contributed by atoms with Crippen LogP contribution in [0.15, 0.2) is 0 Å². The predicted molar refractivity (Wildman–Crippen MR) is 58.9 cm³/mol. The van der Waals surface area contributed by atoms with Gasteiger partial charge in [0.15, 0.2) is 0 Å². The Kier molecular flexibility index (Phi) is 4.24. The van der Waals surface area contributed by atoms with Crippen LogP contribution in [0.1, 0.15) is 52.9 Å². The molecule has 78 valence electrons. The fourth-order valence-electron chi connectivity index (χ4n) is 2.36. The van der Waals surface area contributed by atoms with Gasteiger partial charge in [-0.3, -0.25) is 0 Å². The minimum Gasteiger partial charge on any atom is -0.316 e. The van der Waals surface area contributed by atoms with E-state index in [1.54, 1.807) is 0 Å². The van der Waals surface area contributed by atoms with Gasteiger partial charge < -0.3 is 5.32 Å². The summed E-state index contributed by atoms with van der Waals surface area (Å²) in [5.41, 5.74) is 0.568. The summed E-state index contributed by atoms with van der Waals surface area (Å²) in [6, 6.07) is 0. The van der Waals surface area contributed by atoms with Crippen LogP contribution >= 0.6 is 0 Å². The molecule has 0 aromatic rings. The third-order valence-corrected chi connectivity index (χ3v) is 3.59. The normalized spacial score (nSPS) is 23.8. The zero-order valence-electron chi connectivity index (χ0n) is 9.53. The quantitative estimate of drug-likeness (QED) is 0.645. The molecule has 0 aliphatic carbocycles. The van der Waals surface area contributed by atoms with Gasteiger partial charge in [-0.05, 0) is 37.3 Å². The second-order valence-corrected chi connectivity index (χ2v) is 5.14. The maximum atomic E-state index is 3.47. The van der Waals surface area contributed by atoms with Crippen LogP contribution in [0.4, 0.5) is 0 Å². The Hall–Kier alpha value is -0.0400. The van der Waals surface area contributed by atoms with Gasteiger partial charge in [0.25, 0.3) is 0 Å². The highest BCUT2D eigenvalue weighted by atomic mass is 14.9. The van der Waals surface area contributed by atoms with Gasteiger partial charge in [0.05, 0.1) is 0 Å². The molecule has 1 nitrogen and oxygen atoms in total. The Labute approximate surface area is 83.3 Å².